The molecule has 0 fully saturated rings. The van der Waals surface area contributed by atoms with Gasteiger partial charge in [0.2, 0.25) is 0 Å². The van der Waals surface area contributed by atoms with E-state index >= 15 is 0 Å². The third kappa shape index (κ3) is 5.19. The molecule has 1 aliphatic rings. The molecule has 0 radical (unpaired) electrons. The average Bonchev–Trinajstić information content (AvgIpc) is 3.53. The van der Waals surface area contributed by atoms with Gasteiger partial charge in [0, 0.05) is 36.4 Å². The molecule has 2 aromatic carbocycles. The van der Waals surface area contributed by atoms with Gasteiger partial charge < -0.3 is 20.2 Å². The van der Waals surface area contributed by atoms with E-state index in [1.54, 1.807) is 36.7 Å². The second-order valence-corrected chi connectivity index (χ2v) is 8.51. The molecule has 5 rings (SSSR count). The Balaban J connectivity index is 1.22. The monoisotopic (exact) mass is 513 g/mol. The summed E-state index contributed by atoms with van der Waals surface area (Å²) in [7, 11) is 0. The van der Waals surface area contributed by atoms with Crippen LogP contribution in [0.4, 0.5) is 14.5 Å². The predicted molar refractivity (Wildman–Crippen MR) is 139 cm³/mol. The molecule has 8 nitrogen and oxygen atoms in total. The Hall–Kier alpha value is -5.12. The van der Waals surface area contributed by atoms with Crippen LogP contribution in [0.25, 0.3) is 17.7 Å². The summed E-state index contributed by atoms with van der Waals surface area (Å²) in [6.07, 6.45) is 9.95. The van der Waals surface area contributed by atoms with E-state index in [1.807, 2.05) is 18.2 Å². The first-order valence-electron chi connectivity index (χ1n) is 11.6. The molecule has 2 amide bonds. The number of hydrogen-bond acceptors (Lipinski definition) is 4. The smallest absolute Gasteiger partial charge is 0.263 e. The maximum absolute atomic E-state index is 13.5. The summed E-state index contributed by atoms with van der Waals surface area (Å²) in [6, 6.07) is 11.8. The fourth-order valence-electron chi connectivity index (χ4n) is 4.06. The highest BCUT2D eigenvalue weighted by Gasteiger charge is 2.24. The number of nitrogens with zero attached hydrogens (tertiary/aromatic N) is 2. The molecule has 0 bridgehead atoms. The Kier molecular flexibility index (Phi) is 6.77. The predicted octanol–water partition coefficient (Wildman–Crippen LogP) is 3.83. The summed E-state index contributed by atoms with van der Waals surface area (Å²) in [5.41, 5.74) is 2.53. The quantitative estimate of drug-likeness (QED) is 0.326. The number of fused-ring (bicyclic) bond motifs is 1. The van der Waals surface area contributed by atoms with Gasteiger partial charge in [0.25, 0.3) is 17.4 Å². The Morgan fingerprint density at radius 2 is 1.95 bits per heavy atom. The van der Waals surface area contributed by atoms with Gasteiger partial charge in [-0.2, -0.15) is 0 Å². The van der Waals surface area contributed by atoms with Crippen LogP contribution < -0.4 is 16.2 Å². The Morgan fingerprint density at radius 1 is 1.08 bits per heavy atom. The van der Waals surface area contributed by atoms with Gasteiger partial charge >= 0.3 is 0 Å². The number of nitrogens with one attached hydrogen (secondary N) is 3. The van der Waals surface area contributed by atoms with Crippen LogP contribution in [0, 0.1) is 11.6 Å². The van der Waals surface area contributed by atoms with Gasteiger partial charge in [0.05, 0.1) is 12.1 Å². The minimum atomic E-state index is -1.01. The maximum Gasteiger partial charge on any atom is 0.263 e. The van der Waals surface area contributed by atoms with Crippen molar-refractivity contribution in [2.45, 2.75) is 6.54 Å². The Morgan fingerprint density at radius 3 is 2.74 bits per heavy atom. The number of pyridine rings is 1. The SMILES string of the molecule is O=C1Nc2cc(C=CCNC(=O)c3cccn(Cc4ccc(F)c(F)c4)c3=O)ccc2C1=Cc1ncc[nH]1. The lowest BCUT2D eigenvalue weighted by Crippen LogP contribution is -2.33. The molecule has 1 aliphatic heterocycles. The first-order valence-corrected chi connectivity index (χ1v) is 11.6. The third-order valence-electron chi connectivity index (χ3n) is 5.92. The normalized spacial score (nSPS) is 13.6. The number of halogens is 2. The molecule has 38 heavy (non-hydrogen) atoms. The lowest BCUT2D eigenvalue weighted by atomic mass is 10.0. The van der Waals surface area contributed by atoms with Crippen LogP contribution in [0.15, 0.2) is 78.0 Å². The second kappa shape index (κ2) is 10.5. The molecule has 0 saturated carbocycles. The number of benzene rings is 2. The number of carbonyl (C=O) groups is 2. The van der Waals surface area contributed by atoms with Crippen molar-refractivity contribution in [2.24, 2.45) is 0 Å². The lowest BCUT2D eigenvalue weighted by Gasteiger charge is -2.09. The number of H-pyrrole nitrogens is 1. The van der Waals surface area contributed by atoms with Gasteiger partial charge in [-0.3, -0.25) is 14.4 Å². The number of rotatable bonds is 7. The van der Waals surface area contributed by atoms with E-state index in [1.165, 1.54) is 22.9 Å². The highest BCUT2D eigenvalue weighted by Crippen LogP contribution is 2.33. The van der Waals surface area contributed by atoms with Crippen molar-refractivity contribution >= 4 is 35.2 Å². The zero-order chi connectivity index (χ0) is 26.6. The molecular formula is C28H21F2N5O3. The van der Waals surface area contributed by atoms with Crippen LogP contribution in [0.3, 0.4) is 0 Å². The molecule has 0 atom stereocenters. The molecule has 3 N–H and O–H groups in total. The molecule has 10 heteroatoms. The van der Waals surface area contributed by atoms with E-state index in [9.17, 15) is 23.2 Å². The number of amides is 2. The van der Waals surface area contributed by atoms with Crippen LogP contribution in [0.2, 0.25) is 0 Å². The van der Waals surface area contributed by atoms with Crippen molar-refractivity contribution in [3.05, 3.63) is 123 Å². The Bertz CT molecular complexity index is 1660. The number of anilines is 1. The van der Waals surface area contributed by atoms with E-state index in [0.29, 0.717) is 22.6 Å². The zero-order valence-electron chi connectivity index (χ0n) is 19.9. The third-order valence-corrected chi connectivity index (χ3v) is 5.92. The van der Waals surface area contributed by atoms with Crippen molar-refractivity contribution in [1.82, 2.24) is 19.9 Å². The summed E-state index contributed by atoms with van der Waals surface area (Å²) in [6.45, 7) is 0.147. The van der Waals surface area contributed by atoms with Crippen LogP contribution in [0.1, 0.15) is 32.9 Å². The van der Waals surface area contributed by atoms with Crippen LogP contribution >= 0.6 is 0 Å². The first kappa shape index (κ1) is 24.6. The second-order valence-electron chi connectivity index (χ2n) is 8.51. The van der Waals surface area contributed by atoms with Gasteiger partial charge in [-0.05, 0) is 47.5 Å². The molecule has 4 aromatic rings. The molecular weight excluding hydrogens is 492 g/mol. The number of aromatic amines is 1. The van der Waals surface area contributed by atoms with Crippen molar-refractivity contribution < 1.29 is 18.4 Å². The van der Waals surface area contributed by atoms with Crippen molar-refractivity contribution in [3.8, 4) is 0 Å². The molecule has 190 valence electrons. The van der Waals surface area contributed by atoms with Gasteiger partial charge in [-0.15, -0.1) is 0 Å². The topological polar surface area (TPSA) is 109 Å². The fraction of sp³-hybridized carbons (Fsp3) is 0.0714. The number of carbonyl (C=O) groups excluding carboxylic acids is 2. The largest absolute Gasteiger partial charge is 0.348 e. The highest BCUT2D eigenvalue weighted by atomic mass is 19.2. The first-order chi connectivity index (χ1) is 18.4. The van der Waals surface area contributed by atoms with E-state index in [0.717, 1.165) is 23.3 Å². The van der Waals surface area contributed by atoms with Gasteiger partial charge in [0.1, 0.15) is 11.4 Å². The van der Waals surface area contributed by atoms with Crippen molar-refractivity contribution in [2.75, 3.05) is 11.9 Å². The summed E-state index contributed by atoms with van der Waals surface area (Å²) >= 11 is 0. The summed E-state index contributed by atoms with van der Waals surface area (Å²) < 4.78 is 27.9. The molecule has 0 unspecified atom stereocenters. The summed E-state index contributed by atoms with van der Waals surface area (Å²) in [5.74, 6) is -2.18. The standard InChI is InChI=1S/C28H21F2N5O3/c29-22-8-6-18(13-23(22)30)16-35-12-2-4-20(28(35)38)26(36)33-9-1-3-17-5-7-19-21(15-25-31-10-11-32-25)27(37)34-24(19)14-17/h1-8,10-15H,9,16H2,(H,31,32)(H,33,36)(H,34,37). The van der Waals surface area contributed by atoms with E-state index in [4.69, 9.17) is 0 Å². The minimum absolute atomic E-state index is 0.00958. The lowest BCUT2D eigenvalue weighted by molar-refractivity contribution is -0.110. The van der Waals surface area contributed by atoms with Crippen molar-refractivity contribution in [1.29, 1.82) is 0 Å². The molecule has 0 aliphatic carbocycles. The average molecular weight is 514 g/mol. The van der Waals surface area contributed by atoms with E-state index < -0.39 is 23.1 Å². The Labute approximate surface area is 215 Å². The number of hydrogen-bond donors (Lipinski definition) is 3. The summed E-state index contributed by atoms with van der Waals surface area (Å²) in [5, 5.41) is 5.51. The minimum Gasteiger partial charge on any atom is -0.348 e. The van der Waals surface area contributed by atoms with Crippen LogP contribution in [-0.2, 0) is 11.3 Å². The highest BCUT2D eigenvalue weighted by molar-refractivity contribution is 6.34. The molecule has 3 heterocycles. The number of aromatic nitrogens is 3. The fourth-order valence-corrected chi connectivity index (χ4v) is 4.06. The number of imidazole rings is 1. The molecule has 0 spiro atoms. The van der Waals surface area contributed by atoms with Crippen molar-refractivity contribution in [3.63, 3.8) is 0 Å². The zero-order valence-corrected chi connectivity index (χ0v) is 19.9. The molecule has 2 aromatic heterocycles. The van der Waals surface area contributed by atoms with Crippen LogP contribution in [-0.4, -0.2) is 32.9 Å². The van der Waals surface area contributed by atoms with Gasteiger partial charge in [-0.25, -0.2) is 13.8 Å². The molecule has 0 saturated heterocycles. The van der Waals surface area contributed by atoms with Gasteiger partial charge in [-0.1, -0.05) is 30.4 Å². The van der Waals surface area contributed by atoms with E-state index in [-0.39, 0.29) is 24.6 Å². The van der Waals surface area contributed by atoms with E-state index in [2.05, 4.69) is 20.6 Å². The summed E-state index contributed by atoms with van der Waals surface area (Å²) in [4.78, 5) is 44.8. The van der Waals surface area contributed by atoms with Crippen LogP contribution in [0.5, 0.6) is 0 Å². The van der Waals surface area contributed by atoms with Gasteiger partial charge in [0.15, 0.2) is 11.6 Å². The maximum atomic E-state index is 13.5.